The van der Waals surface area contributed by atoms with Crippen molar-refractivity contribution in [1.29, 1.82) is 0 Å². The predicted molar refractivity (Wildman–Crippen MR) is 91.7 cm³/mol. The van der Waals surface area contributed by atoms with Crippen molar-refractivity contribution in [3.05, 3.63) is 53.6 Å². The van der Waals surface area contributed by atoms with Gasteiger partial charge in [0.1, 0.15) is 0 Å². The smallest absolute Gasteiger partial charge is 0.0678 e. The van der Waals surface area contributed by atoms with Gasteiger partial charge >= 0.3 is 0 Å². The third-order valence-electron chi connectivity index (χ3n) is 5.13. The van der Waals surface area contributed by atoms with E-state index in [1.165, 1.54) is 29.5 Å². The summed E-state index contributed by atoms with van der Waals surface area (Å²) in [6.45, 7) is 7.27. The number of hydrogen-bond acceptors (Lipinski definition) is 0. The lowest BCUT2D eigenvalue weighted by atomic mass is 10.1. The van der Waals surface area contributed by atoms with Crippen LogP contribution in [0.2, 0.25) is 12.1 Å². The molecule has 0 aliphatic heterocycles. The van der Waals surface area contributed by atoms with Crippen LogP contribution in [0.5, 0.6) is 0 Å². The molecule has 0 N–H and O–H groups in total. The predicted octanol–water partition coefficient (Wildman–Crippen LogP) is 4.51. The normalized spacial score (nSPS) is 14.2. The minimum atomic E-state index is -0.852. The summed E-state index contributed by atoms with van der Waals surface area (Å²) in [4.78, 5) is 0. The Kier molecular flexibility index (Phi) is 3.80. The van der Waals surface area contributed by atoms with Gasteiger partial charge in [0.25, 0.3) is 0 Å². The van der Waals surface area contributed by atoms with Gasteiger partial charge in [-0.05, 0) is 34.2 Å². The van der Waals surface area contributed by atoms with Crippen molar-refractivity contribution in [2.45, 2.75) is 45.2 Å². The Morgan fingerprint density at radius 2 is 1.65 bits per heavy atom. The number of rotatable bonds is 4. The zero-order valence-corrected chi connectivity index (χ0v) is 14.0. The first-order chi connectivity index (χ1) is 9.76. The van der Waals surface area contributed by atoms with E-state index in [0.29, 0.717) is 0 Å². The molecular weight excluding hydrogens is 256 g/mol. The first-order valence-corrected chi connectivity index (χ1v) is 10.4. The van der Waals surface area contributed by atoms with Crippen LogP contribution in [0.15, 0.2) is 42.5 Å². The van der Waals surface area contributed by atoms with E-state index in [1.54, 1.807) is 10.8 Å². The Labute approximate surface area is 124 Å². The van der Waals surface area contributed by atoms with Gasteiger partial charge in [-0.2, -0.15) is 0 Å². The molecule has 20 heavy (non-hydrogen) atoms. The number of hydrogen-bond donors (Lipinski definition) is 0. The zero-order chi connectivity index (χ0) is 14.1. The summed E-state index contributed by atoms with van der Waals surface area (Å²) in [5, 5.41) is 1.72. The highest BCUT2D eigenvalue weighted by Gasteiger charge is 2.25. The SMILES string of the molecule is CCC(CC)[SiH](C)c1cccc2c1Cc1ccccc1-2. The molecule has 1 atom stereocenters. The monoisotopic (exact) mass is 280 g/mol. The Bertz CT molecular complexity index is 611. The summed E-state index contributed by atoms with van der Waals surface area (Å²) in [6, 6.07) is 15.9. The second-order valence-corrected chi connectivity index (χ2v) is 9.21. The van der Waals surface area contributed by atoms with Crippen LogP contribution in [-0.2, 0) is 6.42 Å². The third kappa shape index (κ3) is 2.14. The summed E-state index contributed by atoms with van der Waals surface area (Å²) in [6.07, 6.45) is 3.82. The second-order valence-electron chi connectivity index (χ2n) is 6.07. The van der Waals surface area contributed by atoms with Crippen molar-refractivity contribution >= 4 is 14.0 Å². The van der Waals surface area contributed by atoms with E-state index in [4.69, 9.17) is 0 Å². The maximum absolute atomic E-state index is 2.55. The van der Waals surface area contributed by atoms with E-state index in [-0.39, 0.29) is 0 Å². The lowest BCUT2D eigenvalue weighted by Gasteiger charge is -2.22. The highest BCUT2D eigenvalue weighted by Crippen LogP contribution is 2.36. The van der Waals surface area contributed by atoms with Crippen LogP contribution in [0.1, 0.15) is 37.8 Å². The molecule has 0 aromatic heterocycles. The molecule has 0 spiro atoms. The van der Waals surface area contributed by atoms with Crippen molar-refractivity contribution in [1.82, 2.24) is 0 Å². The average molecular weight is 280 g/mol. The van der Waals surface area contributed by atoms with Crippen molar-refractivity contribution < 1.29 is 0 Å². The Morgan fingerprint density at radius 3 is 2.40 bits per heavy atom. The van der Waals surface area contributed by atoms with Gasteiger partial charge in [0.15, 0.2) is 0 Å². The molecule has 104 valence electrons. The molecule has 0 saturated carbocycles. The molecule has 1 heteroatoms. The van der Waals surface area contributed by atoms with Crippen molar-refractivity contribution in [3.8, 4) is 11.1 Å². The van der Waals surface area contributed by atoms with Crippen molar-refractivity contribution in [2.75, 3.05) is 0 Å². The van der Waals surface area contributed by atoms with Crippen molar-refractivity contribution in [2.24, 2.45) is 0 Å². The van der Waals surface area contributed by atoms with Gasteiger partial charge in [-0.25, -0.2) is 0 Å². The minimum absolute atomic E-state index is 0.852. The van der Waals surface area contributed by atoms with Gasteiger partial charge in [0.05, 0.1) is 8.80 Å². The molecule has 1 aliphatic rings. The van der Waals surface area contributed by atoms with Gasteiger partial charge < -0.3 is 0 Å². The maximum Gasteiger partial charge on any atom is 0.0712 e. The van der Waals surface area contributed by atoms with E-state index < -0.39 is 8.80 Å². The first-order valence-electron chi connectivity index (χ1n) is 7.96. The average Bonchev–Trinajstić information content (AvgIpc) is 2.87. The number of fused-ring (bicyclic) bond motifs is 3. The lowest BCUT2D eigenvalue weighted by Crippen LogP contribution is -2.34. The molecule has 1 unspecified atom stereocenters. The van der Waals surface area contributed by atoms with E-state index in [0.717, 1.165) is 12.0 Å². The van der Waals surface area contributed by atoms with Crippen LogP contribution in [0.4, 0.5) is 0 Å². The van der Waals surface area contributed by atoms with E-state index >= 15 is 0 Å². The molecule has 0 fully saturated rings. The summed E-state index contributed by atoms with van der Waals surface area (Å²) in [5.74, 6) is 0. The lowest BCUT2D eigenvalue weighted by molar-refractivity contribution is 0.754. The summed E-state index contributed by atoms with van der Waals surface area (Å²) >= 11 is 0. The highest BCUT2D eigenvalue weighted by atomic mass is 28.3. The molecule has 2 aromatic carbocycles. The summed E-state index contributed by atoms with van der Waals surface area (Å²) in [7, 11) is -0.852. The fourth-order valence-corrected chi connectivity index (χ4v) is 7.00. The molecule has 2 aromatic rings. The molecule has 0 bridgehead atoms. The largest absolute Gasteiger partial charge is 0.0712 e. The molecule has 0 amide bonds. The molecule has 0 heterocycles. The highest BCUT2D eigenvalue weighted by molar-refractivity contribution is 6.74. The minimum Gasteiger partial charge on any atom is -0.0678 e. The molecule has 0 radical (unpaired) electrons. The summed E-state index contributed by atoms with van der Waals surface area (Å²) < 4.78 is 0. The molecule has 1 aliphatic carbocycles. The summed E-state index contributed by atoms with van der Waals surface area (Å²) in [5.41, 5.74) is 7.06. The maximum atomic E-state index is 2.55. The molecule has 0 saturated heterocycles. The topological polar surface area (TPSA) is 0 Å². The van der Waals surface area contributed by atoms with Gasteiger partial charge in [0, 0.05) is 0 Å². The third-order valence-corrected chi connectivity index (χ3v) is 9.01. The fraction of sp³-hybridized carbons (Fsp3) is 0.368. The quantitative estimate of drug-likeness (QED) is 0.617. The standard InChI is InChI=1S/C19H24Si/c1-4-15(5-2)20(3)19-12-8-11-17-16-10-7-6-9-14(16)13-18(17)19/h6-12,15,20H,4-5,13H2,1-3H3. The zero-order valence-electron chi connectivity index (χ0n) is 12.8. The van der Waals surface area contributed by atoms with E-state index in [2.05, 4.69) is 62.9 Å². The Hall–Kier alpha value is -1.34. The molecular formula is C19H24Si. The van der Waals surface area contributed by atoms with E-state index in [9.17, 15) is 0 Å². The van der Waals surface area contributed by atoms with Crippen LogP contribution >= 0.6 is 0 Å². The van der Waals surface area contributed by atoms with Gasteiger partial charge in [-0.3, -0.25) is 0 Å². The molecule has 0 nitrogen and oxygen atoms in total. The van der Waals surface area contributed by atoms with Gasteiger partial charge in [0.2, 0.25) is 0 Å². The van der Waals surface area contributed by atoms with Crippen LogP contribution in [0, 0.1) is 0 Å². The molecule has 3 rings (SSSR count). The Balaban J connectivity index is 2.05. The number of benzene rings is 2. The van der Waals surface area contributed by atoms with Gasteiger partial charge in [-0.1, -0.05) is 80.9 Å². The van der Waals surface area contributed by atoms with E-state index in [1.807, 2.05) is 0 Å². The van der Waals surface area contributed by atoms with Crippen LogP contribution in [0.3, 0.4) is 0 Å². The van der Waals surface area contributed by atoms with Gasteiger partial charge in [-0.15, -0.1) is 0 Å². The fourth-order valence-electron chi connectivity index (χ4n) is 3.86. The van der Waals surface area contributed by atoms with Crippen molar-refractivity contribution in [3.63, 3.8) is 0 Å². The second kappa shape index (κ2) is 5.57. The van der Waals surface area contributed by atoms with Crippen LogP contribution in [0.25, 0.3) is 11.1 Å². The van der Waals surface area contributed by atoms with Crippen LogP contribution < -0.4 is 5.19 Å². The Morgan fingerprint density at radius 1 is 0.950 bits per heavy atom. The van der Waals surface area contributed by atoms with Crippen LogP contribution in [-0.4, -0.2) is 8.80 Å². The first kappa shape index (κ1) is 13.6.